The molecule has 256 valence electrons. The number of fused-ring (bicyclic) bond motifs is 5. The second kappa shape index (κ2) is 14.0. The van der Waals surface area contributed by atoms with Crippen molar-refractivity contribution in [3.8, 4) is 0 Å². The van der Waals surface area contributed by atoms with Gasteiger partial charge in [0.2, 0.25) is 0 Å². The summed E-state index contributed by atoms with van der Waals surface area (Å²) in [5.41, 5.74) is 11.5. The minimum atomic E-state index is -0.392. The Morgan fingerprint density at radius 3 is 2.53 bits per heavy atom. The van der Waals surface area contributed by atoms with Crippen molar-refractivity contribution in [1.29, 1.82) is 0 Å². The predicted molar refractivity (Wildman–Crippen MR) is 193 cm³/mol. The van der Waals surface area contributed by atoms with Crippen molar-refractivity contribution < 1.29 is 24.2 Å². The summed E-state index contributed by atoms with van der Waals surface area (Å²) >= 11 is 0. The average Bonchev–Trinajstić information content (AvgIpc) is 3.85. The van der Waals surface area contributed by atoms with Crippen molar-refractivity contribution in [3.05, 3.63) is 104 Å². The average molecular weight is 663 g/mol. The molecule has 0 spiro atoms. The van der Waals surface area contributed by atoms with E-state index in [1.807, 2.05) is 32.9 Å². The summed E-state index contributed by atoms with van der Waals surface area (Å²) in [6, 6.07) is 0. The van der Waals surface area contributed by atoms with Crippen LogP contribution in [0.4, 0.5) is 0 Å². The zero-order valence-electron chi connectivity index (χ0n) is 29.5. The summed E-state index contributed by atoms with van der Waals surface area (Å²) in [6.45, 7) is 14.7. The fraction of sp³-hybridized carbons (Fsp3) is 0.425. The summed E-state index contributed by atoms with van der Waals surface area (Å²) < 4.78 is 10.8. The third kappa shape index (κ3) is 6.15. The van der Waals surface area contributed by atoms with E-state index < -0.39 is 5.97 Å². The number of carbonyl (C=O) groups excluding carboxylic acids is 2. The lowest BCUT2D eigenvalue weighted by Crippen LogP contribution is -2.16. The molecule has 0 aromatic rings. The van der Waals surface area contributed by atoms with E-state index in [0.717, 1.165) is 81.9 Å². The second-order valence-corrected chi connectivity index (χ2v) is 13.3. The van der Waals surface area contributed by atoms with E-state index in [1.165, 1.54) is 7.11 Å². The smallest absolute Gasteiger partial charge is 0.340 e. The van der Waals surface area contributed by atoms with Crippen LogP contribution in [-0.4, -0.2) is 47.9 Å². The minimum Gasteiger partial charge on any atom is -0.511 e. The lowest BCUT2D eigenvalue weighted by molar-refractivity contribution is -0.141. The molecule has 0 saturated carbocycles. The standard InChI is InChI=1S/C40H46N4O5/c1-8-11-12-13-16-49-40(47)37-25(10-3)32-19-30-23(6)36-34(45)17-27(39(36)44-30)38-26(14-15-35(46)48-7)22(5)29(43-38)18-28-21(4)24(9-2)31(41-28)20-33(37)42-32/h9,18-20,22,26,43,45H,2,8,10-17H2,1,3-7H3/t22-,26-/m0/s1. The first-order valence-electron chi connectivity index (χ1n) is 17.5. The Morgan fingerprint density at radius 2 is 1.82 bits per heavy atom. The second-order valence-electron chi connectivity index (χ2n) is 13.3. The molecule has 2 atom stereocenters. The highest BCUT2D eigenvalue weighted by molar-refractivity contribution is 6.28. The molecular weight excluding hydrogens is 616 g/mol. The Labute approximate surface area is 288 Å². The molecule has 49 heavy (non-hydrogen) atoms. The van der Waals surface area contributed by atoms with Crippen LogP contribution in [0.5, 0.6) is 0 Å². The van der Waals surface area contributed by atoms with Crippen molar-refractivity contribution in [2.45, 2.75) is 86.0 Å². The first-order valence-corrected chi connectivity index (χ1v) is 17.5. The number of methoxy groups -OCH3 is 1. The number of aliphatic hydroxyl groups is 1. The van der Waals surface area contributed by atoms with Crippen molar-refractivity contribution >= 4 is 29.1 Å². The number of aliphatic imine (C=N–C) groups is 3. The zero-order chi connectivity index (χ0) is 35.0. The summed E-state index contributed by atoms with van der Waals surface area (Å²) in [4.78, 5) is 41.2. The van der Waals surface area contributed by atoms with Gasteiger partial charge in [-0.25, -0.2) is 19.8 Å². The van der Waals surface area contributed by atoms with Gasteiger partial charge in [0.25, 0.3) is 0 Å². The Balaban J connectivity index is 1.53. The maximum Gasteiger partial charge on any atom is 0.340 e. The molecule has 1 saturated heterocycles. The molecule has 9 heteroatoms. The number of hydrogen-bond donors (Lipinski definition) is 2. The van der Waals surface area contributed by atoms with E-state index in [0.29, 0.717) is 54.2 Å². The molecule has 0 aromatic carbocycles. The quantitative estimate of drug-likeness (QED) is 0.171. The molecule has 6 rings (SSSR count). The van der Waals surface area contributed by atoms with Crippen molar-refractivity contribution in [2.75, 3.05) is 13.7 Å². The highest BCUT2D eigenvalue weighted by atomic mass is 16.5. The Kier molecular flexibility index (Phi) is 9.72. The van der Waals surface area contributed by atoms with Gasteiger partial charge in [0.15, 0.2) is 0 Å². The minimum absolute atomic E-state index is 0.0246. The summed E-state index contributed by atoms with van der Waals surface area (Å²) in [5.74, 6) is -0.387. The van der Waals surface area contributed by atoms with Crippen molar-refractivity contribution in [2.24, 2.45) is 26.8 Å². The molecule has 0 radical (unpaired) electrons. The van der Waals surface area contributed by atoms with Gasteiger partial charge in [-0.1, -0.05) is 52.7 Å². The van der Waals surface area contributed by atoms with E-state index in [9.17, 15) is 14.7 Å². The van der Waals surface area contributed by atoms with Crippen LogP contribution >= 0.6 is 0 Å². The van der Waals surface area contributed by atoms with Crippen molar-refractivity contribution in [3.63, 3.8) is 0 Å². The molecule has 9 nitrogen and oxygen atoms in total. The maximum atomic E-state index is 13.8. The number of nitrogens with zero attached hydrogens (tertiary/aromatic N) is 3. The molecule has 8 bridgehead atoms. The number of rotatable bonds is 11. The Hall–Kier alpha value is -4.79. The molecule has 1 aliphatic carbocycles. The van der Waals surface area contributed by atoms with Crippen LogP contribution in [0.2, 0.25) is 0 Å². The molecule has 0 aromatic heterocycles. The van der Waals surface area contributed by atoms with Crippen LogP contribution in [0.25, 0.3) is 0 Å². The molecule has 5 aliphatic heterocycles. The van der Waals surface area contributed by atoms with Crippen LogP contribution in [0.1, 0.15) is 86.0 Å². The number of unbranched alkanes of at least 4 members (excludes halogenated alkanes) is 3. The van der Waals surface area contributed by atoms with Gasteiger partial charge in [0.05, 0.1) is 53.5 Å². The molecule has 2 N–H and O–H groups in total. The highest BCUT2D eigenvalue weighted by Crippen LogP contribution is 2.46. The van der Waals surface area contributed by atoms with Gasteiger partial charge < -0.3 is 19.9 Å². The fourth-order valence-corrected chi connectivity index (χ4v) is 7.54. The topological polar surface area (TPSA) is 122 Å². The number of ether oxygens (including phenoxy) is 2. The van der Waals surface area contributed by atoms with Gasteiger partial charge in [-0.15, -0.1) is 0 Å². The van der Waals surface area contributed by atoms with E-state index in [1.54, 1.807) is 6.08 Å². The van der Waals surface area contributed by atoms with Gasteiger partial charge in [-0.3, -0.25) is 4.79 Å². The van der Waals surface area contributed by atoms with Crippen LogP contribution in [0.15, 0.2) is 119 Å². The lowest BCUT2D eigenvalue weighted by Gasteiger charge is -2.17. The largest absolute Gasteiger partial charge is 0.511 e. The zero-order valence-corrected chi connectivity index (χ0v) is 29.5. The summed E-state index contributed by atoms with van der Waals surface area (Å²) in [5, 5.41) is 15.0. The van der Waals surface area contributed by atoms with Gasteiger partial charge in [0, 0.05) is 52.8 Å². The monoisotopic (exact) mass is 662 g/mol. The fourth-order valence-electron chi connectivity index (χ4n) is 7.54. The van der Waals surface area contributed by atoms with Crippen LogP contribution in [0, 0.1) is 11.8 Å². The maximum absolute atomic E-state index is 13.8. The number of allylic oxidation sites excluding steroid dienone is 11. The number of esters is 2. The van der Waals surface area contributed by atoms with Gasteiger partial charge >= 0.3 is 11.9 Å². The molecule has 5 heterocycles. The van der Waals surface area contributed by atoms with E-state index >= 15 is 0 Å². The number of hydrogen-bond acceptors (Lipinski definition) is 9. The van der Waals surface area contributed by atoms with E-state index in [4.69, 9.17) is 24.5 Å². The van der Waals surface area contributed by atoms with E-state index in [2.05, 4.69) is 31.8 Å². The molecular formula is C40H46N4O5. The van der Waals surface area contributed by atoms with E-state index in [-0.39, 0.29) is 30.0 Å². The lowest BCUT2D eigenvalue weighted by atomic mass is 9.86. The Bertz CT molecular complexity index is 1880. The number of aliphatic hydroxyl groups excluding tert-OH is 1. The molecule has 1 fully saturated rings. The first kappa shape index (κ1) is 34.1. The van der Waals surface area contributed by atoms with Crippen molar-refractivity contribution in [1.82, 2.24) is 5.32 Å². The normalized spacial score (nSPS) is 22.7. The van der Waals surface area contributed by atoms with Crippen LogP contribution in [0.3, 0.4) is 0 Å². The van der Waals surface area contributed by atoms with Crippen LogP contribution in [-0.2, 0) is 19.1 Å². The van der Waals surface area contributed by atoms with Gasteiger partial charge in [-0.2, -0.15) is 0 Å². The third-order valence-corrected chi connectivity index (χ3v) is 10.3. The third-order valence-electron chi connectivity index (χ3n) is 10.3. The summed E-state index contributed by atoms with van der Waals surface area (Å²) in [6.07, 6.45) is 13.4. The van der Waals surface area contributed by atoms with Gasteiger partial charge in [0.1, 0.15) is 5.76 Å². The molecule has 0 amide bonds. The Morgan fingerprint density at radius 1 is 1.04 bits per heavy atom. The molecule has 0 unspecified atom stereocenters. The predicted octanol–water partition coefficient (Wildman–Crippen LogP) is 7.90. The summed E-state index contributed by atoms with van der Waals surface area (Å²) in [7, 11) is 1.41. The highest BCUT2D eigenvalue weighted by Gasteiger charge is 2.41. The van der Waals surface area contributed by atoms with Crippen LogP contribution < -0.4 is 5.32 Å². The molecule has 6 aliphatic rings. The number of carbonyl (C=O) groups is 2. The SMILES string of the molecule is C=CC1=C(C)C2=NC1=CC1=NC(=CC3=C(C)C4=C(O)CC(=C5NC(=C2)[C@@H](C)[C@@H]5CCC(=O)OC)C4=N3)C(CC)=C1C(=O)OCCCCCC. The first-order chi connectivity index (χ1) is 23.6. The van der Waals surface area contributed by atoms with Gasteiger partial charge in [-0.05, 0) is 68.1 Å². The number of nitrogens with one attached hydrogen (secondary N) is 1.